The molecule has 21 heavy (non-hydrogen) atoms. The van der Waals surface area contributed by atoms with Gasteiger partial charge in [-0.3, -0.25) is 4.79 Å². The molecule has 0 aliphatic rings. The molecule has 1 aromatic carbocycles. The van der Waals surface area contributed by atoms with Gasteiger partial charge in [0.25, 0.3) is 0 Å². The molecule has 0 aliphatic carbocycles. The van der Waals surface area contributed by atoms with Gasteiger partial charge in [0.2, 0.25) is 5.43 Å². The second-order valence-electron chi connectivity index (χ2n) is 4.81. The number of halogens is 1. The highest BCUT2D eigenvalue weighted by atomic mass is 19.1. The summed E-state index contributed by atoms with van der Waals surface area (Å²) in [5.74, 6) is -0.760. The first-order valence-electron chi connectivity index (χ1n) is 6.61. The molecule has 3 rings (SSSR count). The summed E-state index contributed by atoms with van der Waals surface area (Å²) in [6.07, 6.45) is 0. The van der Waals surface area contributed by atoms with Gasteiger partial charge in [0, 0.05) is 12.1 Å². The number of nitrogens with one attached hydrogen (secondary N) is 1. The number of H-pyrrole nitrogens is 1. The molecule has 0 fully saturated rings. The molecular weight excluding hydrogens is 273 g/mol. The number of hydrogen-bond acceptors (Lipinski definition) is 3. The van der Waals surface area contributed by atoms with Crippen molar-refractivity contribution in [2.45, 2.75) is 20.4 Å². The second kappa shape index (κ2) is 4.73. The minimum absolute atomic E-state index is 0.266. The number of aromatic nitrogens is 3. The van der Waals surface area contributed by atoms with Crippen LogP contribution < -0.4 is 5.43 Å². The van der Waals surface area contributed by atoms with Gasteiger partial charge in [-0.1, -0.05) is 0 Å². The molecule has 0 spiro atoms. The zero-order valence-electron chi connectivity index (χ0n) is 11.6. The molecule has 0 radical (unpaired) electrons. The number of nitrogens with zero attached hydrogens (tertiary/aromatic N) is 2. The predicted molar refractivity (Wildman–Crippen MR) is 77.8 cm³/mol. The molecule has 3 aromatic rings. The van der Waals surface area contributed by atoms with Crippen LogP contribution in [0.25, 0.3) is 22.3 Å². The smallest absolute Gasteiger partial charge is 0.235 e. The second-order valence-corrected chi connectivity index (χ2v) is 4.81. The molecule has 2 aromatic heterocycles. The van der Waals surface area contributed by atoms with Crippen LogP contribution in [0.2, 0.25) is 0 Å². The average Bonchev–Trinajstić information content (AvgIpc) is 2.80. The van der Waals surface area contributed by atoms with Crippen molar-refractivity contribution in [1.82, 2.24) is 14.8 Å². The third kappa shape index (κ3) is 1.99. The molecule has 0 saturated heterocycles. The Hall–Kier alpha value is -2.63. The number of benzene rings is 1. The first kappa shape index (κ1) is 13.4. The summed E-state index contributed by atoms with van der Waals surface area (Å²) in [4.78, 5) is 15.4. The van der Waals surface area contributed by atoms with E-state index >= 15 is 0 Å². The van der Waals surface area contributed by atoms with Crippen LogP contribution in [-0.2, 0) is 6.54 Å². The number of hydrogen-bond donors (Lipinski definition) is 2. The van der Waals surface area contributed by atoms with E-state index in [9.17, 15) is 14.3 Å². The minimum atomic E-state index is -0.472. The van der Waals surface area contributed by atoms with Gasteiger partial charge < -0.3 is 10.1 Å². The third-order valence-electron chi connectivity index (χ3n) is 3.48. The van der Waals surface area contributed by atoms with Crippen LogP contribution in [0.1, 0.15) is 12.6 Å². The number of rotatable bonds is 2. The highest BCUT2D eigenvalue weighted by Crippen LogP contribution is 2.27. The van der Waals surface area contributed by atoms with Crippen molar-refractivity contribution in [2.75, 3.05) is 0 Å². The van der Waals surface area contributed by atoms with Crippen LogP contribution in [0.15, 0.2) is 29.1 Å². The predicted octanol–water partition coefficient (Wildman–Crippen LogP) is 2.56. The van der Waals surface area contributed by atoms with Crippen molar-refractivity contribution in [3.05, 3.63) is 46.0 Å². The molecule has 0 unspecified atom stereocenters. The summed E-state index contributed by atoms with van der Waals surface area (Å²) >= 11 is 0. The fraction of sp³-hybridized carbons (Fsp3) is 0.200. The zero-order valence-corrected chi connectivity index (χ0v) is 11.6. The standard InChI is InChI=1S/C15H14FN3O2/c1-3-19-15-11(8(2)18-19)13(20)14(21)12(17-15)9-4-6-10(16)7-5-9/h4-7,21H,3H2,1-2H3,(H,17,20). The summed E-state index contributed by atoms with van der Waals surface area (Å²) in [7, 11) is 0. The minimum Gasteiger partial charge on any atom is -0.503 e. The van der Waals surface area contributed by atoms with E-state index in [1.807, 2.05) is 6.92 Å². The van der Waals surface area contributed by atoms with E-state index in [0.29, 0.717) is 28.8 Å². The number of aryl methyl sites for hydroxylation is 2. The lowest BCUT2D eigenvalue weighted by molar-refractivity contribution is 0.471. The highest BCUT2D eigenvalue weighted by molar-refractivity contribution is 5.84. The van der Waals surface area contributed by atoms with Crippen molar-refractivity contribution in [3.63, 3.8) is 0 Å². The van der Waals surface area contributed by atoms with Crippen LogP contribution in [0.5, 0.6) is 5.75 Å². The molecule has 108 valence electrons. The fourth-order valence-electron chi connectivity index (χ4n) is 2.44. The molecule has 5 nitrogen and oxygen atoms in total. The van der Waals surface area contributed by atoms with Gasteiger partial charge in [0.1, 0.15) is 11.5 Å². The van der Waals surface area contributed by atoms with Gasteiger partial charge in [0.05, 0.1) is 16.8 Å². The maximum absolute atomic E-state index is 13.0. The monoisotopic (exact) mass is 287 g/mol. The Kier molecular flexibility index (Phi) is 3.01. The first-order chi connectivity index (χ1) is 10.0. The van der Waals surface area contributed by atoms with Gasteiger partial charge in [-0.2, -0.15) is 5.10 Å². The van der Waals surface area contributed by atoms with Gasteiger partial charge in [0.15, 0.2) is 5.75 Å². The van der Waals surface area contributed by atoms with E-state index in [4.69, 9.17) is 0 Å². The van der Waals surface area contributed by atoms with Crippen LogP contribution in [-0.4, -0.2) is 19.9 Å². The molecule has 6 heteroatoms. The average molecular weight is 287 g/mol. The number of pyridine rings is 1. The van der Waals surface area contributed by atoms with E-state index in [1.165, 1.54) is 24.3 Å². The van der Waals surface area contributed by atoms with Crippen molar-refractivity contribution < 1.29 is 9.50 Å². The summed E-state index contributed by atoms with van der Waals surface area (Å²) in [6, 6.07) is 5.57. The summed E-state index contributed by atoms with van der Waals surface area (Å²) < 4.78 is 14.7. The lowest BCUT2D eigenvalue weighted by atomic mass is 10.1. The molecule has 2 N–H and O–H groups in total. The molecule has 0 atom stereocenters. The summed E-state index contributed by atoms with van der Waals surface area (Å²) in [5, 5.41) is 14.8. The van der Waals surface area contributed by atoms with Crippen LogP contribution in [0, 0.1) is 12.7 Å². The lowest BCUT2D eigenvalue weighted by Crippen LogP contribution is -2.06. The van der Waals surface area contributed by atoms with Crippen molar-refractivity contribution in [3.8, 4) is 17.0 Å². The van der Waals surface area contributed by atoms with Crippen molar-refractivity contribution >= 4 is 11.0 Å². The van der Waals surface area contributed by atoms with Gasteiger partial charge in [-0.05, 0) is 38.1 Å². The molecule has 2 heterocycles. The van der Waals surface area contributed by atoms with Crippen LogP contribution >= 0.6 is 0 Å². The number of aromatic hydroxyl groups is 1. The molecule has 0 bridgehead atoms. The Morgan fingerprint density at radius 3 is 2.62 bits per heavy atom. The summed E-state index contributed by atoms with van der Waals surface area (Å²) in [6.45, 7) is 4.23. The Balaban J connectivity index is 2.36. The van der Waals surface area contributed by atoms with E-state index in [2.05, 4.69) is 10.1 Å². The van der Waals surface area contributed by atoms with E-state index in [-0.39, 0.29) is 17.3 Å². The highest BCUT2D eigenvalue weighted by Gasteiger charge is 2.18. The fourth-order valence-corrected chi connectivity index (χ4v) is 2.44. The molecule has 0 saturated carbocycles. The quantitative estimate of drug-likeness (QED) is 0.761. The number of fused-ring (bicyclic) bond motifs is 1. The van der Waals surface area contributed by atoms with Crippen LogP contribution in [0.3, 0.4) is 0 Å². The lowest BCUT2D eigenvalue weighted by Gasteiger charge is -2.07. The molecular formula is C15H14FN3O2. The first-order valence-corrected chi connectivity index (χ1v) is 6.61. The Morgan fingerprint density at radius 1 is 1.33 bits per heavy atom. The Labute approximate surface area is 119 Å². The molecule has 0 aliphatic heterocycles. The topological polar surface area (TPSA) is 70.9 Å². The number of aromatic amines is 1. The van der Waals surface area contributed by atoms with Gasteiger partial charge >= 0.3 is 0 Å². The maximum Gasteiger partial charge on any atom is 0.235 e. The van der Waals surface area contributed by atoms with E-state index in [1.54, 1.807) is 11.6 Å². The zero-order chi connectivity index (χ0) is 15.1. The third-order valence-corrected chi connectivity index (χ3v) is 3.48. The maximum atomic E-state index is 13.0. The Morgan fingerprint density at radius 2 is 2.00 bits per heavy atom. The SMILES string of the molecule is CCn1nc(C)c2c(=O)c(O)c(-c3ccc(F)cc3)[nH]c21. The Bertz CT molecular complexity index is 879. The van der Waals surface area contributed by atoms with Crippen molar-refractivity contribution in [1.29, 1.82) is 0 Å². The van der Waals surface area contributed by atoms with Gasteiger partial charge in [-0.25, -0.2) is 9.07 Å². The van der Waals surface area contributed by atoms with Crippen LogP contribution in [0.4, 0.5) is 4.39 Å². The van der Waals surface area contributed by atoms with E-state index in [0.717, 1.165) is 0 Å². The summed E-state index contributed by atoms with van der Waals surface area (Å²) in [5.41, 5.74) is 1.45. The largest absolute Gasteiger partial charge is 0.503 e. The van der Waals surface area contributed by atoms with Crippen molar-refractivity contribution in [2.24, 2.45) is 0 Å². The molecule has 0 amide bonds. The van der Waals surface area contributed by atoms with E-state index < -0.39 is 5.43 Å². The normalized spacial score (nSPS) is 11.2. The van der Waals surface area contributed by atoms with Gasteiger partial charge in [-0.15, -0.1) is 0 Å².